The van der Waals surface area contributed by atoms with Crippen LogP contribution in [-0.2, 0) is 11.3 Å². The van der Waals surface area contributed by atoms with Crippen molar-refractivity contribution in [3.8, 4) is 11.6 Å². The summed E-state index contributed by atoms with van der Waals surface area (Å²) in [6.07, 6.45) is 1.64. The van der Waals surface area contributed by atoms with Gasteiger partial charge in [-0.3, -0.25) is 0 Å². The van der Waals surface area contributed by atoms with Gasteiger partial charge in [-0.05, 0) is 24.6 Å². The number of nitrogens with zero attached hydrogens (tertiary/aromatic N) is 2. The van der Waals surface area contributed by atoms with E-state index in [2.05, 4.69) is 15.3 Å². The number of benzene rings is 1. The number of aromatic nitrogens is 1. The van der Waals surface area contributed by atoms with Gasteiger partial charge in [-0.1, -0.05) is 12.1 Å². The molecule has 0 spiro atoms. The van der Waals surface area contributed by atoms with Crippen molar-refractivity contribution < 1.29 is 13.9 Å². The molecule has 1 aromatic heterocycles. The molecule has 0 fully saturated rings. The molecule has 1 heterocycles. The number of hydrogen-bond donors (Lipinski definition) is 2. The summed E-state index contributed by atoms with van der Waals surface area (Å²) in [5.74, 6) is 0.769. The second-order valence-corrected chi connectivity index (χ2v) is 5.27. The Balaban J connectivity index is 1.90. The molecule has 7 heteroatoms. The number of halogens is 1. The summed E-state index contributed by atoms with van der Waals surface area (Å²) in [6, 6.07) is 9.51. The molecular weight excluding hydrogens is 311 g/mol. The minimum atomic E-state index is -0.357. The minimum Gasteiger partial charge on any atom is -0.439 e. The van der Waals surface area contributed by atoms with Crippen LogP contribution >= 0.6 is 0 Å². The average Bonchev–Trinajstić information content (AvgIpc) is 2.54. The van der Waals surface area contributed by atoms with Crippen molar-refractivity contribution in [2.75, 3.05) is 13.7 Å². The molecule has 0 aliphatic heterocycles. The Kier molecular flexibility index (Phi) is 6.51. The average molecular weight is 332 g/mol. The molecule has 24 heavy (non-hydrogen) atoms. The highest BCUT2D eigenvalue weighted by Gasteiger charge is 2.03. The van der Waals surface area contributed by atoms with E-state index in [1.807, 2.05) is 13.0 Å². The van der Waals surface area contributed by atoms with E-state index in [4.69, 9.17) is 15.2 Å². The fourth-order valence-electron chi connectivity index (χ4n) is 1.98. The van der Waals surface area contributed by atoms with Crippen LogP contribution in [0.25, 0.3) is 0 Å². The van der Waals surface area contributed by atoms with Crippen LogP contribution in [-0.4, -0.2) is 30.7 Å². The van der Waals surface area contributed by atoms with Crippen LogP contribution in [0.15, 0.2) is 47.6 Å². The number of methoxy groups -OCH3 is 1. The van der Waals surface area contributed by atoms with Crippen LogP contribution in [0.1, 0.15) is 12.5 Å². The molecule has 0 bridgehead atoms. The molecule has 0 amide bonds. The smallest absolute Gasteiger partial charge is 0.219 e. The SMILES string of the molecule is COCC(C)NC(N)=NCc1ccc(Oc2cccc(F)c2)nc1. The maximum Gasteiger partial charge on any atom is 0.219 e. The van der Waals surface area contributed by atoms with E-state index in [1.165, 1.54) is 12.1 Å². The molecule has 1 unspecified atom stereocenters. The molecule has 0 saturated carbocycles. The largest absolute Gasteiger partial charge is 0.439 e. The summed E-state index contributed by atoms with van der Waals surface area (Å²) < 4.78 is 23.6. The molecule has 0 radical (unpaired) electrons. The summed E-state index contributed by atoms with van der Waals surface area (Å²) in [5.41, 5.74) is 6.68. The van der Waals surface area contributed by atoms with E-state index in [0.717, 1.165) is 5.56 Å². The summed E-state index contributed by atoms with van der Waals surface area (Å²) >= 11 is 0. The molecule has 1 aromatic carbocycles. The molecule has 6 nitrogen and oxygen atoms in total. The second-order valence-electron chi connectivity index (χ2n) is 5.27. The van der Waals surface area contributed by atoms with Gasteiger partial charge in [-0.15, -0.1) is 0 Å². The van der Waals surface area contributed by atoms with Gasteiger partial charge >= 0.3 is 0 Å². The Labute approximate surface area is 140 Å². The zero-order valence-electron chi connectivity index (χ0n) is 13.7. The van der Waals surface area contributed by atoms with Crippen molar-refractivity contribution in [3.63, 3.8) is 0 Å². The predicted octanol–water partition coefficient (Wildman–Crippen LogP) is 2.45. The van der Waals surface area contributed by atoms with E-state index in [9.17, 15) is 4.39 Å². The first kappa shape index (κ1) is 17.7. The third kappa shape index (κ3) is 5.85. The van der Waals surface area contributed by atoms with Crippen molar-refractivity contribution >= 4 is 5.96 Å². The first-order valence-corrected chi connectivity index (χ1v) is 7.50. The zero-order valence-corrected chi connectivity index (χ0v) is 13.7. The van der Waals surface area contributed by atoms with Gasteiger partial charge in [0, 0.05) is 31.5 Å². The lowest BCUT2D eigenvalue weighted by atomic mass is 10.3. The first-order valence-electron chi connectivity index (χ1n) is 7.50. The number of aliphatic imine (C=N–C) groups is 1. The summed E-state index contributed by atoms with van der Waals surface area (Å²) in [6.45, 7) is 2.89. The van der Waals surface area contributed by atoms with Gasteiger partial charge in [0.05, 0.1) is 13.2 Å². The normalized spacial score (nSPS) is 12.7. The number of hydrogen-bond acceptors (Lipinski definition) is 4. The molecule has 2 rings (SSSR count). The lowest BCUT2D eigenvalue weighted by Crippen LogP contribution is -2.40. The van der Waals surface area contributed by atoms with Crippen molar-refractivity contribution in [2.24, 2.45) is 10.7 Å². The molecule has 3 N–H and O–H groups in total. The monoisotopic (exact) mass is 332 g/mol. The highest BCUT2D eigenvalue weighted by molar-refractivity contribution is 5.78. The molecule has 0 saturated heterocycles. The van der Waals surface area contributed by atoms with Gasteiger partial charge in [0.1, 0.15) is 11.6 Å². The lowest BCUT2D eigenvalue weighted by Gasteiger charge is -2.13. The predicted molar refractivity (Wildman–Crippen MR) is 90.5 cm³/mol. The van der Waals surface area contributed by atoms with Crippen LogP contribution in [0.4, 0.5) is 4.39 Å². The van der Waals surface area contributed by atoms with Gasteiger partial charge in [-0.25, -0.2) is 14.4 Å². The lowest BCUT2D eigenvalue weighted by molar-refractivity contribution is 0.179. The van der Waals surface area contributed by atoms with Gasteiger partial charge in [0.15, 0.2) is 5.96 Å². The molecule has 2 aromatic rings. The van der Waals surface area contributed by atoms with Crippen molar-refractivity contribution in [1.29, 1.82) is 0 Å². The van der Waals surface area contributed by atoms with Crippen LogP contribution in [0, 0.1) is 5.82 Å². The van der Waals surface area contributed by atoms with Crippen molar-refractivity contribution in [2.45, 2.75) is 19.5 Å². The van der Waals surface area contributed by atoms with Crippen molar-refractivity contribution in [3.05, 3.63) is 54.0 Å². The molecule has 128 valence electrons. The van der Waals surface area contributed by atoms with Crippen LogP contribution in [0.5, 0.6) is 11.6 Å². The van der Waals surface area contributed by atoms with Crippen molar-refractivity contribution in [1.82, 2.24) is 10.3 Å². The Morgan fingerprint density at radius 2 is 2.21 bits per heavy atom. The fourth-order valence-corrected chi connectivity index (χ4v) is 1.98. The van der Waals surface area contributed by atoms with Gasteiger partial charge in [0.2, 0.25) is 5.88 Å². The van der Waals surface area contributed by atoms with E-state index in [-0.39, 0.29) is 11.9 Å². The molecule has 0 aliphatic rings. The second kappa shape index (κ2) is 8.83. The zero-order chi connectivity index (χ0) is 17.4. The number of nitrogens with one attached hydrogen (secondary N) is 1. The number of ether oxygens (including phenoxy) is 2. The minimum absolute atomic E-state index is 0.0823. The standard InChI is InChI=1S/C17H21FN4O2/c1-12(11-23-2)22-17(19)21-10-13-6-7-16(20-9-13)24-15-5-3-4-14(18)8-15/h3-9,12H,10-11H2,1-2H3,(H3,19,21,22). The highest BCUT2D eigenvalue weighted by Crippen LogP contribution is 2.20. The Hall–Kier alpha value is -2.67. The molecular formula is C17H21FN4O2. The Bertz CT molecular complexity index is 677. The first-order chi connectivity index (χ1) is 11.6. The van der Waals surface area contributed by atoms with E-state index >= 15 is 0 Å². The van der Waals surface area contributed by atoms with E-state index in [1.54, 1.807) is 31.5 Å². The summed E-state index contributed by atoms with van der Waals surface area (Å²) in [5, 5.41) is 3.02. The van der Waals surface area contributed by atoms with Crippen LogP contribution < -0.4 is 15.8 Å². The summed E-state index contributed by atoms with van der Waals surface area (Å²) in [4.78, 5) is 8.42. The number of rotatable bonds is 7. The maximum atomic E-state index is 13.1. The molecule has 0 aliphatic carbocycles. The van der Waals surface area contributed by atoms with Crippen LogP contribution in [0.2, 0.25) is 0 Å². The Morgan fingerprint density at radius 1 is 1.38 bits per heavy atom. The molecule has 1 atom stereocenters. The third-order valence-electron chi connectivity index (χ3n) is 3.06. The Morgan fingerprint density at radius 3 is 2.88 bits per heavy atom. The maximum absolute atomic E-state index is 13.1. The topological polar surface area (TPSA) is 81.8 Å². The van der Waals surface area contributed by atoms with Gasteiger partial charge < -0.3 is 20.5 Å². The highest BCUT2D eigenvalue weighted by atomic mass is 19.1. The quantitative estimate of drug-likeness (QED) is 0.601. The fraction of sp³-hybridized carbons (Fsp3) is 0.294. The van der Waals surface area contributed by atoms with Gasteiger partial charge in [0.25, 0.3) is 0 Å². The van der Waals surface area contributed by atoms with E-state index < -0.39 is 0 Å². The van der Waals surface area contributed by atoms with Crippen LogP contribution in [0.3, 0.4) is 0 Å². The number of guanidine groups is 1. The number of nitrogens with two attached hydrogens (primary N) is 1. The number of pyridine rings is 1. The summed E-state index contributed by atoms with van der Waals surface area (Å²) in [7, 11) is 1.63. The van der Waals surface area contributed by atoms with Gasteiger partial charge in [-0.2, -0.15) is 0 Å². The van der Waals surface area contributed by atoms with E-state index in [0.29, 0.717) is 30.7 Å². The third-order valence-corrected chi connectivity index (χ3v) is 3.06.